The molecule has 0 saturated carbocycles. The predicted molar refractivity (Wildman–Crippen MR) is 106 cm³/mol. The van der Waals surface area contributed by atoms with E-state index < -0.39 is 0 Å². The molecular formula is C22H28N2O3. The number of rotatable bonds is 8. The quantitative estimate of drug-likeness (QED) is 0.774. The second-order valence-corrected chi connectivity index (χ2v) is 6.98. The summed E-state index contributed by atoms with van der Waals surface area (Å²) in [6.45, 7) is 8.55. The summed E-state index contributed by atoms with van der Waals surface area (Å²) in [6.07, 6.45) is 0. The number of fused-ring (bicyclic) bond motifs is 1. The van der Waals surface area contributed by atoms with E-state index in [1.165, 1.54) is 5.56 Å². The molecule has 0 fully saturated rings. The van der Waals surface area contributed by atoms with Crippen molar-refractivity contribution in [3.63, 3.8) is 0 Å². The topological polar surface area (TPSA) is 50.8 Å². The van der Waals surface area contributed by atoms with Crippen LogP contribution in [0.15, 0.2) is 48.5 Å². The monoisotopic (exact) mass is 368 g/mol. The number of nitrogens with zero attached hydrogens (tertiary/aromatic N) is 1. The van der Waals surface area contributed by atoms with E-state index in [0.29, 0.717) is 13.1 Å². The highest BCUT2D eigenvalue weighted by Crippen LogP contribution is 2.32. The summed E-state index contributed by atoms with van der Waals surface area (Å²) < 4.78 is 10.8. The van der Waals surface area contributed by atoms with Crippen LogP contribution in [-0.4, -0.2) is 36.7 Å². The lowest BCUT2D eigenvalue weighted by Gasteiger charge is -2.27. The Bertz CT molecular complexity index is 763. The van der Waals surface area contributed by atoms with Crippen LogP contribution >= 0.6 is 0 Å². The maximum atomic E-state index is 12.7. The van der Waals surface area contributed by atoms with Gasteiger partial charge in [0.25, 0.3) is 0 Å². The first-order chi connectivity index (χ1) is 13.1. The smallest absolute Gasteiger partial charge is 0.237 e. The molecule has 27 heavy (non-hydrogen) atoms. The summed E-state index contributed by atoms with van der Waals surface area (Å²) in [7, 11) is 0. The van der Waals surface area contributed by atoms with E-state index in [-0.39, 0.29) is 24.7 Å². The van der Waals surface area contributed by atoms with Gasteiger partial charge < -0.3 is 14.8 Å². The predicted octanol–water partition coefficient (Wildman–Crippen LogP) is 3.55. The fourth-order valence-electron chi connectivity index (χ4n) is 3.26. The molecule has 5 nitrogen and oxygen atoms in total. The number of carbonyl (C=O) groups excluding carboxylic acids is 1. The standard InChI is InChI=1S/C22H28N2O3/c1-4-24(14-18-10-11-20-21(12-18)27-15-26-20)17(3)22(25)23-13-16(2)19-8-6-5-7-9-19/h5-12,16-17H,4,13-15H2,1-3H3,(H,23,25). The molecule has 2 unspecified atom stereocenters. The van der Waals surface area contributed by atoms with Crippen molar-refractivity contribution in [3.05, 3.63) is 59.7 Å². The Balaban J connectivity index is 1.55. The third kappa shape index (κ3) is 4.80. The van der Waals surface area contributed by atoms with Gasteiger partial charge in [-0.05, 0) is 42.6 Å². The third-order valence-electron chi connectivity index (χ3n) is 5.11. The first-order valence-electron chi connectivity index (χ1n) is 9.53. The number of ether oxygens (including phenoxy) is 2. The Morgan fingerprint density at radius 2 is 1.85 bits per heavy atom. The van der Waals surface area contributed by atoms with Gasteiger partial charge in [0, 0.05) is 13.1 Å². The molecule has 0 bridgehead atoms. The molecule has 144 valence electrons. The van der Waals surface area contributed by atoms with Gasteiger partial charge in [-0.15, -0.1) is 0 Å². The SMILES string of the molecule is CCN(Cc1ccc2c(c1)OCO2)C(C)C(=O)NCC(C)c1ccccc1. The Kier molecular flexibility index (Phi) is 6.35. The minimum Gasteiger partial charge on any atom is -0.454 e. The lowest BCUT2D eigenvalue weighted by Crippen LogP contribution is -2.45. The van der Waals surface area contributed by atoms with Crippen molar-refractivity contribution in [3.8, 4) is 11.5 Å². The van der Waals surface area contributed by atoms with Crippen LogP contribution in [0.25, 0.3) is 0 Å². The first-order valence-corrected chi connectivity index (χ1v) is 9.53. The zero-order chi connectivity index (χ0) is 19.2. The van der Waals surface area contributed by atoms with Crippen LogP contribution < -0.4 is 14.8 Å². The Hall–Kier alpha value is -2.53. The van der Waals surface area contributed by atoms with E-state index in [9.17, 15) is 4.79 Å². The molecule has 2 aromatic carbocycles. The molecule has 2 aromatic rings. The largest absolute Gasteiger partial charge is 0.454 e. The van der Waals surface area contributed by atoms with Crippen molar-refractivity contribution in [2.24, 2.45) is 0 Å². The minimum absolute atomic E-state index is 0.0559. The fourth-order valence-corrected chi connectivity index (χ4v) is 3.26. The zero-order valence-electron chi connectivity index (χ0n) is 16.3. The van der Waals surface area contributed by atoms with Gasteiger partial charge in [-0.25, -0.2) is 0 Å². The van der Waals surface area contributed by atoms with Gasteiger partial charge in [-0.2, -0.15) is 0 Å². The molecule has 1 aliphatic rings. The average molecular weight is 368 g/mol. The van der Waals surface area contributed by atoms with Gasteiger partial charge in [0.2, 0.25) is 12.7 Å². The summed E-state index contributed by atoms with van der Waals surface area (Å²) in [5, 5.41) is 3.10. The molecular weight excluding hydrogens is 340 g/mol. The van der Waals surface area contributed by atoms with Crippen LogP contribution in [0.3, 0.4) is 0 Å². The molecule has 1 aliphatic heterocycles. The minimum atomic E-state index is -0.205. The number of hydrogen-bond donors (Lipinski definition) is 1. The second-order valence-electron chi connectivity index (χ2n) is 6.98. The highest BCUT2D eigenvalue weighted by atomic mass is 16.7. The number of amides is 1. The molecule has 0 aromatic heterocycles. The summed E-state index contributed by atoms with van der Waals surface area (Å²) in [5.74, 6) is 1.89. The number of likely N-dealkylation sites (N-methyl/N-ethyl adjacent to an activating group) is 1. The number of benzene rings is 2. The maximum Gasteiger partial charge on any atom is 0.237 e. The Morgan fingerprint density at radius 1 is 1.11 bits per heavy atom. The molecule has 1 heterocycles. The van der Waals surface area contributed by atoms with E-state index in [1.54, 1.807) is 0 Å². The highest BCUT2D eigenvalue weighted by molar-refractivity contribution is 5.81. The first kappa shape index (κ1) is 19.2. The average Bonchev–Trinajstić information content (AvgIpc) is 3.18. The van der Waals surface area contributed by atoms with E-state index in [4.69, 9.17) is 9.47 Å². The number of nitrogens with one attached hydrogen (secondary N) is 1. The molecule has 0 spiro atoms. The Morgan fingerprint density at radius 3 is 2.59 bits per heavy atom. The van der Waals surface area contributed by atoms with Crippen LogP contribution in [0.4, 0.5) is 0 Å². The van der Waals surface area contributed by atoms with Crippen LogP contribution in [0.5, 0.6) is 11.5 Å². The van der Waals surface area contributed by atoms with Crippen LogP contribution in [-0.2, 0) is 11.3 Å². The van der Waals surface area contributed by atoms with Crippen molar-refractivity contribution in [2.45, 2.75) is 39.3 Å². The lowest BCUT2D eigenvalue weighted by molar-refractivity contribution is -0.126. The van der Waals surface area contributed by atoms with Gasteiger partial charge >= 0.3 is 0 Å². The van der Waals surface area contributed by atoms with Gasteiger partial charge in [0.15, 0.2) is 11.5 Å². The molecule has 0 radical (unpaired) electrons. The molecule has 0 saturated heterocycles. The van der Waals surface area contributed by atoms with E-state index in [1.807, 2.05) is 43.3 Å². The summed E-state index contributed by atoms with van der Waals surface area (Å²) in [4.78, 5) is 14.8. The van der Waals surface area contributed by atoms with Crippen LogP contribution in [0, 0.1) is 0 Å². The normalized spacial score (nSPS) is 14.8. The van der Waals surface area contributed by atoms with Crippen molar-refractivity contribution >= 4 is 5.91 Å². The number of carbonyl (C=O) groups is 1. The van der Waals surface area contributed by atoms with Crippen LogP contribution in [0.1, 0.15) is 37.8 Å². The summed E-state index contributed by atoms with van der Waals surface area (Å²) in [5.41, 5.74) is 2.34. The third-order valence-corrected chi connectivity index (χ3v) is 5.11. The van der Waals surface area contributed by atoms with Gasteiger partial charge in [0.05, 0.1) is 6.04 Å². The van der Waals surface area contributed by atoms with Gasteiger partial charge in [-0.3, -0.25) is 9.69 Å². The van der Waals surface area contributed by atoms with E-state index >= 15 is 0 Å². The lowest BCUT2D eigenvalue weighted by atomic mass is 10.0. The molecule has 3 rings (SSSR count). The van der Waals surface area contributed by atoms with Gasteiger partial charge in [-0.1, -0.05) is 50.2 Å². The van der Waals surface area contributed by atoms with Crippen LogP contribution in [0.2, 0.25) is 0 Å². The maximum absolute atomic E-state index is 12.7. The Labute approximate surface area is 161 Å². The van der Waals surface area contributed by atoms with Gasteiger partial charge in [0.1, 0.15) is 0 Å². The van der Waals surface area contributed by atoms with E-state index in [2.05, 4.69) is 36.2 Å². The summed E-state index contributed by atoms with van der Waals surface area (Å²) in [6, 6.07) is 16.0. The second kappa shape index (κ2) is 8.91. The van der Waals surface area contributed by atoms with Crippen molar-refractivity contribution in [2.75, 3.05) is 19.9 Å². The molecule has 5 heteroatoms. The molecule has 1 amide bonds. The van der Waals surface area contributed by atoms with Crippen molar-refractivity contribution in [1.82, 2.24) is 10.2 Å². The van der Waals surface area contributed by atoms with Crippen molar-refractivity contribution < 1.29 is 14.3 Å². The fraction of sp³-hybridized carbons (Fsp3) is 0.409. The van der Waals surface area contributed by atoms with E-state index in [0.717, 1.165) is 23.6 Å². The molecule has 0 aliphatic carbocycles. The summed E-state index contributed by atoms with van der Waals surface area (Å²) >= 11 is 0. The highest BCUT2D eigenvalue weighted by Gasteiger charge is 2.22. The number of hydrogen-bond acceptors (Lipinski definition) is 4. The molecule has 2 atom stereocenters. The van der Waals surface area contributed by atoms with Crippen molar-refractivity contribution in [1.29, 1.82) is 0 Å². The molecule has 1 N–H and O–H groups in total. The zero-order valence-corrected chi connectivity index (χ0v) is 16.3.